The Labute approximate surface area is 115 Å². The lowest BCUT2D eigenvalue weighted by Crippen LogP contribution is -2.43. The van der Waals surface area contributed by atoms with Crippen LogP contribution in [0.1, 0.15) is 38.7 Å². The predicted molar refractivity (Wildman–Crippen MR) is 76.3 cm³/mol. The molecule has 2 rings (SSSR count). The highest BCUT2D eigenvalue weighted by molar-refractivity contribution is 5.81. The molecule has 19 heavy (non-hydrogen) atoms. The predicted octanol–water partition coefficient (Wildman–Crippen LogP) is 3.03. The molecule has 1 aromatic rings. The summed E-state index contributed by atoms with van der Waals surface area (Å²) < 4.78 is 5.74. The summed E-state index contributed by atoms with van der Waals surface area (Å²) in [4.78, 5) is 14.2. The second-order valence-electron chi connectivity index (χ2n) is 5.14. The topological polar surface area (TPSA) is 29.5 Å². The number of hydrogen-bond donors (Lipinski definition) is 0. The number of amides is 1. The average molecular weight is 261 g/mol. The maximum absolute atomic E-state index is 12.2. The van der Waals surface area contributed by atoms with Gasteiger partial charge in [-0.3, -0.25) is 4.79 Å². The lowest BCUT2D eigenvalue weighted by molar-refractivity contribution is -0.138. The summed E-state index contributed by atoms with van der Waals surface area (Å²) in [6.07, 6.45) is 4.08. The standard InChI is InChI=1S/C16H23NO2/c1-3-14-7-9-15(10-8-14)19-13(2)16(18)17-11-5-4-6-12-17/h7-10,13H,3-6,11-12H2,1-2H3. The molecule has 0 saturated carbocycles. The van der Waals surface area contributed by atoms with Crippen LogP contribution in [0.25, 0.3) is 0 Å². The summed E-state index contributed by atoms with van der Waals surface area (Å²) in [7, 11) is 0. The number of ether oxygens (including phenoxy) is 1. The molecule has 1 saturated heterocycles. The van der Waals surface area contributed by atoms with Crippen LogP contribution in [0.15, 0.2) is 24.3 Å². The van der Waals surface area contributed by atoms with Crippen LogP contribution in [0.3, 0.4) is 0 Å². The molecule has 0 N–H and O–H groups in total. The normalized spacial score (nSPS) is 17.1. The van der Waals surface area contributed by atoms with E-state index in [1.165, 1.54) is 12.0 Å². The third kappa shape index (κ3) is 3.72. The van der Waals surface area contributed by atoms with Gasteiger partial charge < -0.3 is 9.64 Å². The summed E-state index contributed by atoms with van der Waals surface area (Å²) >= 11 is 0. The number of nitrogens with zero attached hydrogens (tertiary/aromatic N) is 1. The minimum atomic E-state index is -0.398. The van der Waals surface area contributed by atoms with Crippen molar-refractivity contribution in [3.05, 3.63) is 29.8 Å². The van der Waals surface area contributed by atoms with Gasteiger partial charge in [-0.15, -0.1) is 0 Å². The number of rotatable bonds is 4. The van der Waals surface area contributed by atoms with Gasteiger partial charge >= 0.3 is 0 Å². The van der Waals surface area contributed by atoms with E-state index < -0.39 is 6.10 Å². The molecular weight excluding hydrogens is 238 g/mol. The highest BCUT2D eigenvalue weighted by Gasteiger charge is 2.23. The zero-order valence-electron chi connectivity index (χ0n) is 11.9. The number of piperidine rings is 1. The van der Waals surface area contributed by atoms with Crippen molar-refractivity contribution in [2.75, 3.05) is 13.1 Å². The lowest BCUT2D eigenvalue weighted by Gasteiger charge is -2.29. The van der Waals surface area contributed by atoms with Crippen molar-refractivity contribution in [2.45, 2.75) is 45.6 Å². The molecule has 1 fully saturated rings. The Morgan fingerprint density at radius 1 is 1.21 bits per heavy atom. The number of likely N-dealkylation sites (tertiary alicyclic amines) is 1. The van der Waals surface area contributed by atoms with Crippen LogP contribution >= 0.6 is 0 Å². The maximum atomic E-state index is 12.2. The molecule has 0 bridgehead atoms. The molecule has 1 aromatic carbocycles. The van der Waals surface area contributed by atoms with Crippen LogP contribution in [0.2, 0.25) is 0 Å². The van der Waals surface area contributed by atoms with Crippen molar-refractivity contribution in [3.8, 4) is 5.75 Å². The van der Waals surface area contributed by atoms with Gasteiger partial charge in [0, 0.05) is 13.1 Å². The molecule has 1 unspecified atom stereocenters. The second kappa shape index (κ2) is 6.60. The van der Waals surface area contributed by atoms with E-state index in [9.17, 15) is 4.79 Å². The molecule has 3 heteroatoms. The third-order valence-electron chi connectivity index (χ3n) is 3.66. The summed E-state index contributed by atoms with van der Waals surface area (Å²) in [6, 6.07) is 7.98. The SMILES string of the molecule is CCc1ccc(OC(C)C(=O)N2CCCCC2)cc1. The molecule has 1 amide bonds. The van der Waals surface area contributed by atoms with E-state index >= 15 is 0 Å². The van der Waals surface area contributed by atoms with Crippen LogP contribution in [0.4, 0.5) is 0 Å². The Kier molecular flexibility index (Phi) is 4.83. The van der Waals surface area contributed by atoms with Crippen LogP contribution in [0, 0.1) is 0 Å². The zero-order valence-corrected chi connectivity index (χ0v) is 11.9. The molecule has 1 atom stereocenters. The molecule has 0 aromatic heterocycles. The van der Waals surface area contributed by atoms with Gasteiger partial charge in [0.1, 0.15) is 5.75 Å². The van der Waals surface area contributed by atoms with Gasteiger partial charge in [-0.2, -0.15) is 0 Å². The lowest BCUT2D eigenvalue weighted by atomic mass is 10.1. The van der Waals surface area contributed by atoms with Crippen molar-refractivity contribution in [3.63, 3.8) is 0 Å². The Hall–Kier alpha value is -1.51. The summed E-state index contributed by atoms with van der Waals surface area (Å²) in [5.74, 6) is 0.884. The first-order valence-corrected chi connectivity index (χ1v) is 7.25. The van der Waals surface area contributed by atoms with Crippen LogP contribution in [-0.2, 0) is 11.2 Å². The highest BCUT2D eigenvalue weighted by Crippen LogP contribution is 2.16. The summed E-state index contributed by atoms with van der Waals surface area (Å²) in [5, 5.41) is 0. The Bertz CT molecular complexity index is 407. The molecule has 3 nitrogen and oxygen atoms in total. The molecule has 0 spiro atoms. The smallest absolute Gasteiger partial charge is 0.263 e. The van der Waals surface area contributed by atoms with Crippen LogP contribution in [0.5, 0.6) is 5.75 Å². The first-order chi connectivity index (χ1) is 9.20. The number of carbonyl (C=O) groups is 1. The average Bonchev–Trinajstić information content (AvgIpc) is 2.48. The van der Waals surface area contributed by atoms with E-state index in [1.807, 2.05) is 36.1 Å². The molecule has 0 aliphatic carbocycles. The maximum Gasteiger partial charge on any atom is 0.263 e. The summed E-state index contributed by atoms with van der Waals surface area (Å²) in [6.45, 7) is 5.71. The quantitative estimate of drug-likeness (QED) is 0.833. The van der Waals surface area contributed by atoms with E-state index in [2.05, 4.69) is 6.92 Å². The molecule has 1 aliphatic rings. The minimum absolute atomic E-state index is 0.110. The largest absolute Gasteiger partial charge is 0.481 e. The Balaban J connectivity index is 1.91. The summed E-state index contributed by atoms with van der Waals surface area (Å²) in [5.41, 5.74) is 1.28. The fourth-order valence-electron chi connectivity index (χ4n) is 2.43. The van der Waals surface area contributed by atoms with Crippen molar-refractivity contribution in [1.82, 2.24) is 4.90 Å². The van der Waals surface area contributed by atoms with Gasteiger partial charge in [0.15, 0.2) is 6.10 Å². The van der Waals surface area contributed by atoms with Crippen LogP contribution < -0.4 is 4.74 Å². The molecule has 1 aliphatic heterocycles. The van der Waals surface area contributed by atoms with Gasteiger partial charge in [0.2, 0.25) is 0 Å². The van der Waals surface area contributed by atoms with Gasteiger partial charge in [0.25, 0.3) is 5.91 Å². The van der Waals surface area contributed by atoms with Crippen molar-refractivity contribution in [1.29, 1.82) is 0 Å². The van der Waals surface area contributed by atoms with Crippen molar-refractivity contribution < 1.29 is 9.53 Å². The number of aryl methyl sites for hydroxylation is 1. The monoisotopic (exact) mass is 261 g/mol. The van der Waals surface area contributed by atoms with E-state index in [1.54, 1.807) is 0 Å². The fourth-order valence-corrected chi connectivity index (χ4v) is 2.43. The Morgan fingerprint density at radius 3 is 2.42 bits per heavy atom. The second-order valence-corrected chi connectivity index (χ2v) is 5.14. The Morgan fingerprint density at radius 2 is 1.84 bits per heavy atom. The number of carbonyl (C=O) groups excluding carboxylic acids is 1. The highest BCUT2D eigenvalue weighted by atomic mass is 16.5. The van der Waals surface area contributed by atoms with Crippen molar-refractivity contribution >= 4 is 5.91 Å². The van der Waals surface area contributed by atoms with Gasteiger partial charge in [-0.1, -0.05) is 19.1 Å². The van der Waals surface area contributed by atoms with Gasteiger partial charge in [0.05, 0.1) is 0 Å². The number of benzene rings is 1. The van der Waals surface area contributed by atoms with E-state index in [4.69, 9.17) is 4.74 Å². The molecule has 1 heterocycles. The number of hydrogen-bond acceptors (Lipinski definition) is 2. The molecule has 0 radical (unpaired) electrons. The van der Waals surface area contributed by atoms with Gasteiger partial charge in [-0.25, -0.2) is 0 Å². The molecular formula is C16H23NO2. The first kappa shape index (κ1) is 13.9. The zero-order chi connectivity index (χ0) is 13.7. The van der Waals surface area contributed by atoms with Crippen LogP contribution in [-0.4, -0.2) is 30.0 Å². The third-order valence-corrected chi connectivity index (χ3v) is 3.66. The van der Waals surface area contributed by atoms with Crippen molar-refractivity contribution in [2.24, 2.45) is 0 Å². The van der Waals surface area contributed by atoms with E-state index in [-0.39, 0.29) is 5.91 Å². The fraction of sp³-hybridized carbons (Fsp3) is 0.562. The molecule has 104 valence electrons. The first-order valence-electron chi connectivity index (χ1n) is 7.25. The van der Waals surface area contributed by atoms with E-state index in [0.29, 0.717) is 0 Å². The minimum Gasteiger partial charge on any atom is -0.481 e. The van der Waals surface area contributed by atoms with E-state index in [0.717, 1.165) is 38.1 Å². The van der Waals surface area contributed by atoms with Gasteiger partial charge in [-0.05, 0) is 50.3 Å².